The number of hydrogen-bond acceptors (Lipinski definition) is 4. The molecule has 0 aliphatic carbocycles. The Hall–Kier alpha value is -2.37. The van der Waals surface area contributed by atoms with E-state index in [0.29, 0.717) is 6.54 Å². The highest BCUT2D eigenvalue weighted by molar-refractivity contribution is 7.98. The molecule has 30 heavy (non-hydrogen) atoms. The predicted molar refractivity (Wildman–Crippen MR) is 130 cm³/mol. The van der Waals surface area contributed by atoms with Gasteiger partial charge in [0.15, 0.2) is 5.16 Å². The third-order valence-electron chi connectivity index (χ3n) is 5.24. The number of nitrogens with zero attached hydrogens (tertiary/aromatic N) is 2. The van der Waals surface area contributed by atoms with Gasteiger partial charge >= 0.3 is 0 Å². The molecule has 0 fully saturated rings. The van der Waals surface area contributed by atoms with Crippen LogP contribution in [0, 0.1) is 20.8 Å². The molecule has 2 aromatic carbocycles. The second-order valence-corrected chi connectivity index (χ2v) is 9.76. The maximum atomic E-state index is 13.3. The fourth-order valence-electron chi connectivity index (χ4n) is 3.48. The van der Waals surface area contributed by atoms with Crippen molar-refractivity contribution in [1.82, 2.24) is 9.55 Å². The topological polar surface area (TPSA) is 34.9 Å². The molecule has 0 amide bonds. The highest BCUT2D eigenvalue weighted by atomic mass is 32.2. The fourth-order valence-corrected chi connectivity index (χ4v) is 5.62. The Labute approximate surface area is 185 Å². The molecule has 154 valence electrons. The van der Waals surface area contributed by atoms with E-state index in [2.05, 4.69) is 76.2 Å². The van der Waals surface area contributed by atoms with Gasteiger partial charge in [-0.1, -0.05) is 72.3 Å². The third kappa shape index (κ3) is 4.23. The Kier molecular flexibility index (Phi) is 6.11. The second kappa shape index (κ2) is 8.78. The number of thiophene rings is 1. The summed E-state index contributed by atoms with van der Waals surface area (Å²) < 4.78 is 2.60. The number of benzene rings is 2. The second-order valence-electron chi connectivity index (χ2n) is 7.76. The van der Waals surface area contributed by atoms with Gasteiger partial charge in [-0.05, 0) is 49.9 Å². The van der Waals surface area contributed by atoms with E-state index in [1.165, 1.54) is 22.3 Å². The van der Waals surface area contributed by atoms with Crippen LogP contribution in [0.3, 0.4) is 0 Å². The Morgan fingerprint density at radius 2 is 1.73 bits per heavy atom. The summed E-state index contributed by atoms with van der Waals surface area (Å²) in [5.41, 5.74) is 7.07. The molecule has 0 atom stereocenters. The lowest BCUT2D eigenvalue weighted by Crippen LogP contribution is -2.22. The molecule has 0 aliphatic heterocycles. The van der Waals surface area contributed by atoms with Crippen molar-refractivity contribution in [3.05, 3.63) is 81.1 Å². The van der Waals surface area contributed by atoms with E-state index in [-0.39, 0.29) is 5.56 Å². The van der Waals surface area contributed by atoms with Crippen molar-refractivity contribution in [2.45, 2.75) is 51.6 Å². The van der Waals surface area contributed by atoms with Crippen LogP contribution in [0.2, 0.25) is 0 Å². The largest absolute Gasteiger partial charge is 0.286 e. The van der Waals surface area contributed by atoms with Gasteiger partial charge < -0.3 is 0 Å². The van der Waals surface area contributed by atoms with Gasteiger partial charge in [0.2, 0.25) is 0 Å². The normalized spacial score (nSPS) is 11.3. The molecule has 4 aromatic rings. The van der Waals surface area contributed by atoms with Gasteiger partial charge in [-0.15, -0.1) is 11.3 Å². The van der Waals surface area contributed by atoms with E-state index in [1.54, 1.807) is 23.1 Å². The van der Waals surface area contributed by atoms with Crippen LogP contribution in [0.25, 0.3) is 20.7 Å². The third-order valence-corrected chi connectivity index (χ3v) is 7.43. The molecule has 0 saturated heterocycles. The first kappa shape index (κ1) is 20.9. The van der Waals surface area contributed by atoms with Crippen LogP contribution < -0.4 is 5.56 Å². The summed E-state index contributed by atoms with van der Waals surface area (Å²) >= 11 is 3.20. The molecule has 0 saturated carbocycles. The van der Waals surface area contributed by atoms with Crippen molar-refractivity contribution < 1.29 is 0 Å². The van der Waals surface area contributed by atoms with Gasteiger partial charge in [-0.2, -0.15) is 0 Å². The van der Waals surface area contributed by atoms with Crippen LogP contribution in [0.4, 0.5) is 0 Å². The van der Waals surface area contributed by atoms with Crippen LogP contribution in [0.15, 0.2) is 58.5 Å². The molecular formula is C25H26N2OS2. The summed E-state index contributed by atoms with van der Waals surface area (Å²) in [6.45, 7) is 9.12. The number of thioether (sulfide) groups is 1. The first-order valence-corrected chi connectivity index (χ1v) is 12.1. The first-order valence-electron chi connectivity index (χ1n) is 10.3. The van der Waals surface area contributed by atoms with Gasteiger partial charge in [-0.25, -0.2) is 4.98 Å². The summed E-state index contributed by atoms with van der Waals surface area (Å²) in [6, 6.07) is 17.0. The maximum Gasteiger partial charge on any atom is 0.272 e. The molecular weight excluding hydrogens is 408 g/mol. The van der Waals surface area contributed by atoms with Gasteiger partial charge in [-0.3, -0.25) is 9.36 Å². The lowest BCUT2D eigenvalue weighted by atomic mass is 10.1. The molecule has 0 radical (unpaired) electrons. The lowest BCUT2D eigenvalue weighted by Gasteiger charge is -2.12. The molecule has 3 nitrogen and oxygen atoms in total. The van der Waals surface area contributed by atoms with Crippen LogP contribution >= 0.6 is 23.1 Å². The van der Waals surface area contributed by atoms with E-state index >= 15 is 0 Å². The van der Waals surface area contributed by atoms with Gasteiger partial charge in [0.25, 0.3) is 5.56 Å². The van der Waals surface area contributed by atoms with E-state index in [0.717, 1.165) is 38.0 Å². The first-order chi connectivity index (χ1) is 14.5. The number of aromatic nitrogens is 2. The average molecular weight is 435 g/mol. The Bertz CT molecular complexity index is 1250. The number of rotatable bonds is 6. The molecule has 2 heterocycles. The smallest absolute Gasteiger partial charge is 0.272 e. The van der Waals surface area contributed by atoms with Gasteiger partial charge in [0.1, 0.15) is 4.70 Å². The van der Waals surface area contributed by atoms with Gasteiger partial charge in [0.05, 0.1) is 5.52 Å². The highest BCUT2D eigenvalue weighted by Crippen LogP contribution is 2.33. The van der Waals surface area contributed by atoms with E-state index in [4.69, 9.17) is 4.98 Å². The summed E-state index contributed by atoms with van der Waals surface area (Å²) in [5.74, 6) is 0.810. The molecule has 0 spiro atoms. The Morgan fingerprint density at radius 1 is 1.00 bits per heavy atom. The zero-order valence-corrected chi connectivity index (χ0v) is 19.5. The van der Waals surface area contributed by atoms with E-state index in [1.807, 2.05) is 4.57 Å². The van der Waals surface area contributed by atoms with Crippen molar-refractivity contribution in [2.24, 2.45) is 0 Å². The van der Waals surface area contributed by atoms with E-state index < -0.39 is 0 Å². The molecule has 0 bridgehead atoms. The zero-order valence-electron chi connectivity index (χ0n) is 17.9. The van der Waals surface area contributed by atoms with Crippen LogP contribution in [-0.2, 0) is 12.3 Å². The summed E-state index contributed by atoms with van der Waals surface area (Å²) in [4.78, 5) is 19.3. The van der Waals surface area contributed by atoms with Crippen molar-refractivity contribution in [1.29, 1.82) is 0 Å². The summed E-state index contributed by atoms with van der Waals surface area (Å²) in [6.07, 6.45) is 0.903. The van der Waals surface area contributed by atoms with Crippen molar-refractivity contribution >= 4 is 33.3 Å². The Morgan fingerprint density at radius 3 is 2.47 bits per heavy atom. The van der Waals surface area contributed by atoms with Crippen molar-refractivity contribution in [3.8, 4) is 10.4 Å². The minimum absolute atomic E-state index is 0.0775. The number of fused-ring (bicyclic) bond motifs is 1. The van der Waals surface area contributed by atoms with Gasteiger partial charge in [0, 0.05) is 17.2 Å². The highest BCUT2D eigenvalue weighted by Gasteiger charge is 2.15. The maximum absolute atomic E-state index is 13.3. The van der Waals surface area contributed by atoms with Crippen molar-refractivity contribution in [3.63, 3.8) is 0 Å². The lowest BCUT2D eigenvalue weighted by molar-refractivity contribution is 0.585. The van der Waals surface area contributed by atoms with Crippen LogP contribution in [-0.4, -0.2) is 9.55 Å². The van der Waals surface area contributed by atoms with Crippen LogP contribution in [0.5, 0.6) is 0 Å². The summed E-state index contributed by atoms with van der Waals surface area (Å²) in [7, 11) is 0. The molecule has 0 N–H and O–H groups in total. The molecule has 5 heteroatoms. The predicted octanol–water partition coefficient (Wildman–Crippen LogP) is 6.75. The standard InChI is InChI=1S/C25H26N2OS2/c1-5-12-27-24(28)23-21(14-22(30-23)19-10-7-16(2)8-11-19)26-25(27)29-15-20-13-17(3)6-9-18(20)4/h6-11,13-14H,5,12,15H2,1-4H3. The zero-order chi connectivity index (χ0) is 21.3. The number of hydrogen-bond donors (Lipinski definition) is 0. The quantitative estimate of drug-likeness (QED) is 0.249. The van der Waals surface area contributed by atoms with Crippen molar-refractivity contribution in [2.75, 3.05) is 0 Å². The van der Waals surface area contributed by atoms with E-state index in [9.17, 15) is 4.79 Å². The Balaban J connectivity index is 1.74. The summed E-state index contributed by atoms with van der Waals surface area (Å²) in [5, 5.41) is 0.809. The molecule has 0 unspecified atom stereocenters. The minimum atomic E-state index is 0.0775. The molecule has 4 rings (SSSR count). The molecule has 0 aliphatic rings. The van der Waals surface area contributed by atoms with Crippen LogP contribution in [0.1, 0.15) is 35.6 Å². The number of aryl methyl sites for hydroxylation is 3. The average Bonchev–Trinajstić information content (AvgIpc) is 3.16. The fraction of sp³-hybridized carbons (Fsp3) is 0.280. The SMILES string of the molecule is CCCn1c(SCc2cc(C)ccc2C)nc2cc(-c3ccc(C)cc3)sc2c1=O. The monoisotopic (exact) mass is 434 g/mol. The molecule has 2 aromatic heterocycles. The minimum Gasteiger partial charge on any atom is -0.286 e.